The maximum absolute atomic E-state index is 12.3. The zero-order valence-electron chi connectivity index (χ0n) is 13.6. The number of nitrogens with one attached hydrogen (secondary N) is 1. The Morgan fingerprint density at radius 2 is 2.05 bits per heavy atom. The van der Waals surface area contributed by atoms with Crippen LogP contribution in [0.2, 0.25) is 0 Å². The highest BCUT2D eigenvalue weighted by atomic mass is 32.2. The highest BCUT2D eigenvalue weighted by molar-refractivity contribution is 7.88. The van der Waals surface area contributed by atoms with E-state index in [9.17, 15) is 13.2 Å². The van der Waals surface area contributed by atoms with Crippen LogP contribution in [0.4, 0.5) is 0 Å². The van der Waals surface area contributed by atoms with Crippen LogP contribution in [-0.4, -0.2) is 44.0 Å². The number of nitrogens with zero attached hydrogens (tertiary/aromatic N) is 1. The molecule has 1 rings (SSSR count). The average molecular weight is 318 g/mol. The minimum Gasteiger partial charge on any atom is -0.354 e. The second kappa shape index (κ2) is 8.73. The monoisotopic (exact) mass is 318 g/mol. The van der Waals surface area contributed by atoms with Crippen molar-refractivity contribution < 1.29 is 13.2 Å². The van der Waals surface area contributed by atoms with Crippen molar-refractivity contribution in [3.8, 4) is 0 Å². The molecular weight excluding hydrogens is 288 g/mol. The average Bonchev–Trinajstić information content (AvgIpc) is 2.46. The third-order valence-corrected chi connectivity index (χ3v) is 5.58. The van der Waals surface area contributed by atoms with Crippen molar-refractivity contribution in [3.63, 3.8) is 0 Å². The van der Waals surface area contributed by atoms with Gasteiger partial charge >= 0.3 is 0 Å². The summed E-state index contributed by atoms with van der Waals surface area (Å²) in [5.74, 6) is 0.360. The zero-order valence-corrected chi connectivity index (χ0v) is 14.4. The van der Waals surface area contributed by atoms with Crippen LogP contribution in [0.15, 0.2) is 0 Å². The van der Waals surface area contributed by atoms with Gasteiger partial charge in [-0.25, -0.2) is 8.42 Å². The van der Waals surface area contributed by atoms with Gasteiger partial charge in [0.1, 0.15) is 6.04 Å². The molecule has 1 saturated heterocycles. The van der Waals surface area contributed by atoms with Crippen LogP contribution in [0.25, 0.3) is 0 Å². The molecule has 5 nitrogen and oxygen atoms in total. The van der Waals surface area contributed by atoms with Crippen LogP contribution >= 0.6 is 0 Å². The molecule has 6 heteroatoms. The van der Waals surface area contributed by atoms with Gasteiger partial charge in [-0.05, 0) is 25.2 Å². The molecule has 2 unspecified atom stereocenters. The molecule has 0 aromatic rings. The van der Waals surface area contributed by atoms with Crippen molar-refractivity contribution in [2.75, 3.05) is 19.3 Å². The number of piperidine rings is 1. The molecule has 0 aromatic carbocycles. The van der Waals surface area contributed by atoms with E-state index in [4.69, 9.17) is 0 Å². The van der Waals surface area contributed by atoms with E-state index in [1.165, 1.54) is 17.0 Å². The summed E-state index contributed by atoms with van der Waals surface area (Å²) in [7, 11) is -3.31. The number of sulfonamides is 1. The Morgan fingerprint density at radius 1 is 1.33 bits per heavy atom. The van der Waals surface area contributed by atoms with E-state index in [1.54, 1.807) is 0 Å². The standard InChI is InChI=1S/C15H30N2O3S/c1-4-6-9-13(5-2)12-16-15(18)14-10-7-8-11-17(14)21(3,19)20/h13-14H,4-12H2,1-3H3,(H,16,18). The first-order chi connectivity index (χ1) is 9.90. The van der Waals surface area contributed by atoms with Gasteiger partial charge in [-0.15, -0.1) is 0 Å². The lowest BCUT2D eigenvalue weighted by atomic mass is 9.98. The van der Waals surface area contributed by atoms with Crippen molar-refractivity contribution >= 4 is 15.9 Å². The molecule has 2 atom stereocenters. The van der Waals surface area contributed by atoms with Gasteiger partial charge in [-0.1, -0.05) is 39.5 Å². The lowest BCUT2D eigenvalue weighted by molar-refractivity contribution is -0.125. The van der Waals surface area contributed by atoms with Crippen molar-refractivity contribution in [1.29, 1.82) is 0 Å². The summed E-state index contributed by atoms with van der Waals surface area (Å²) in [6.07, 6.45) is 8.07. The molecule has 1 amide bonds. The Morgan fingerprint density at radius 3 is 2.62 bits per heavy atom. The van der Waals surface area contributed by atoms with E-state index in [0.717, 1.165) is 32.1 Å². The maximum Gasteiger partial charge on any atom is 0.238 e. The highest BCUT2D eigenvalue weighted by Gasteiger charge is 2.34. The number of hydrogen-bond acceptors (Lipinski definition) is 3. The zero-order chi connectivity index (χ0) is 15.9. The fraction of sp³-hybridized carbons (Fsp3) is 0.933. The molecule has 0 aliphatic carbocycles. The predicted molar refractivity (Wildman–Crippen MR) is 85.5 cm³/mol. The summed E-state index contributed by atoms with van der Waals surface area (Å²) in [6.45, 7) is 5.42. The first-order valence-electron chi connectivity index (χ1n) is 8.14. The molecule has 21 heavy (non-hydrogen) atoms. The van der Waals surface area contributed by atoms with Crippen LogP contribution in [0.5, 0.6) is 0 Å². The third kappa shape index (κ3) is 5.94. The first-order valence-corrected chi connectivity index (χ1v) is 9.99. The fourth-order valence-corrected chi connectivity index (χ4v) is 3.99. The van der Waals surface area contributed by atoms with E-state index >= 15 is 0 Å². The Labute approximate surface area is 129 Å². The van der Waals surface area contributed by atoms with Gasteiger partial charge in [0.05, 0.1) is 6.26 Å². The second-order valence-corrected chi connectivity index (χ2v) is 7.98. The molecule has 1 aliphatic rings. The number of unbranched alkanes of at least 4 members (excludes halogenated alkanes) is 1. The minimum absolute atomic E-state index is 0.130. The van der Waals surface area contributed by atoms with Crippen LogP contribution in [0.1, 0.15) is 58.8 Å². The molecule has 0 radical (unpaired) electrons. The van der Waals surface area contributed by atoms with Gasteiger partial charge in [0.15, 0.2) is 0 Å². The molecule has 1 N–H and O–H groups in total. The summed E-state index contributed by atoms with van der Waals surface area (Å²) in [6, 6.07) is -0.516. The molecule has 1 fully saturated rings. The smallest absolute Gasteiger partial charge is 0.238 e. The SMILES string of the molecule is CCCCC(CC)CNC(=O)C1CCCCN1S(C)(=O)=O. The minimum atomic E-state index is -3.31. The van der Waals surface area contributed by atoms with Crippen LogP contribution in [0.3, 0.4) is 0 Å². The summed E-state index contributed by atoms with van der Waals surface area (Å²) in [5.41, 5.74) is 0. The van der Waals surface area contributed by atoms with Crippen molar-refractivity contribution in [2.45, 2.75) is 64.8 Å². The second-order valence-electron chi connectivity index (χ2n) is 6.05. The molecule has 0 bridgehead atoms. The van der Waals surface area contributed by atoms with Crippen LogP contribution in [0, 0.1) is 5.92 Å². The van der Waals surface area contributed by atoms with Gasteiger partial charge in [0, 0.05) is 13.1 Å². The van der Waals surface area contributed by atoms with E-state index in [-0.39, 0.29) is 5.91 Å². The van der Waals surface area contributed by atoms with E-state index in [1.807, 2.05) is 0 Å². The van der Waals surface area contributed by atoms with E-state index < -0.39 is 16.1 Å². The van der Waals surface area contributed by atoms with E-state index in [0.29, 0.717) is 25.4 Å². The molecule has 0 aromatic heterocycles. The molecule has 0 spiro atoms. The molecule has 124 valence electrons. The Kier molecular flexibility index (Phi) is 7.66. The topological polar surface area (TPSA) is 66.5 Å². The van der Waals surface area contributed by atoms with Gasteiger partial charge in [0.2, 0.25) is 15.9 Å². The quantitative estimate of drug-likeness (QED) is 0.745. The van der Waals surface area contributed by atoms with Gasteiger partial charge in [-0.2, -0.15) is 4.31 Å². The molecular formula is C15H30N2O3S. The summed E-state index contributed by atoms with van der Waals surface area (Å²) >= 11 is 0. The molecule has 0 saturated carbocycles. The number of rotatable bonds is 8. The summed E-state index contributed by atoms with van der Waals surface area (Å²) in [5, 5.41) is 2.97. The number of carbonyl (C=O) groups excluding carboxylic acids is 1. The largest absolute Gasteiger partial charge is 0.354 e. The van der Waals surface area contributed by atoms with Crippen molar-refractivity contribution in [2.24, 2.45) is 5.92 Å². The van der Waals surface area contributed by atoms with Crippen molar-refractivity contribution in [3.05, 3.63) is 0 Å². The number of hydrogen-bond donors (Lipinski definition) is 1. The first kappa shape index (κ1) is 18.4. The predicted octanol–water partition coefficient (Wildman–Crippen LogP) is 2.13. The fourth-order valence-electron chi connectivity index (χ4n) is 2.87. The van der Waals surface area contributed by atoms with Gasteiger partial charge < -0.3 is 5.32 Å². The van der Waals surface area contributed by atoms with Crippen LogP contribution in [-0.2, 0) is 14.8 Å². The Bertz CT molecular complexity index is 423. The van der Waals surface area contributed by atoms with E-state index in [2.05, 4.69) is 19.2 Å². The maximum atomic E-state index is 12.3. The Hall–Kier alpha value is -0.620. The lowest BCUT2D eigenvalue weighted by Gasteiger charge is -2.32. The Balaban J connectivity index is 2.56. The number of carbonyl (C=O) groups is 1. The third-order valence-electron chi connectivity index (χ3n) is 4.29. The van der Waals surface area contributed by atoms with Gasteiger partial charge in [0.25, 0.3) is 0 Å². The normalized spacial score (nSPS) is 22.0. The molecule has 1 aliphatic heterocycles. The number of amides is 1. The van der Waals surface area contributed by atoms with Crippen molar-refractivity contribution in [1.82, 2.24) is 9.62 Å². The van der Waals surface area contributed by atoms with Crippen LogP contribution < -0.4 is 5.32 Å². The summed E-state index contributed by atoms with van der Waals surface area (Å²) < 4.78 is 24.9. The molecule has 1 heterocycles. The van der Waals surface area contributed by atoms with Gasteiger partial charge in [-0.3, -0.25) is 4.79 Å². The summed E-state index contributed by atoms with van der Waals surface area (Å²) in [4.78, 5) is 12.3. The lowest BCUT2D eigenvalue weighted by Crippen LogP contribution is -2.52. The highest BCUT2D eigenvalue weighted by Crippen LogP contribution is 2.20.